The molecular formula is C25H33BrN4O7. The summed E-state index contributed by atoms with van der Waals surface area (Å²) < 4.78 is 31.8. The van der Waals surface area contributed by atoms with E-state index in [2.05, 4.69) is 32.5 Å². The van der Waals surface area contributed by atoms with Gasteiger partial charge in [-0.25, -0.2) is 19.6 Å². The quantitative estimate of drug-likeness (QED) is 0.435. The van der Waals surface area contributed by atoms with Gasteiger partial charge in [0.25, 0.3) is 0 Å². The van der Waals surface area contributed by atoms with E-state index in [4.69, 9.17) is 23.7 Å². The molecule has 37 heavy (non-hydrogen) atoms. The number of hydrogen-bond acceptors (Lipinski definition) is 9. The predicted octanol–water partition coefficient (Wildman–Crippen LogP) is 5.47. The first-order valence-electron chi connectivity index (χ1n) is 11.9. The van der Waals surface area contributed by atoms with Crippen LogP contribution in [0.5, 0.6) is 0 Å². The summed E-state index contributed by atoms with van der Waals surface area (Å²) in [6.45, 7) is 17.8. The van der Waals surface area contributed by atoms with Crippen LogP contribution >= 0.6 is 15.9 Å². The van der Waals surface area contributed by atoms with Crippen molar-refractivity contribution in [1.82, 2.24) is 14.5 Å². The number of hydrogen-bond donors (Lipinski definition) is 0. The molecule has 4 heterocycles. The van der Waals surface area contributed by atoms with Crippen molar-refractivity contribution in [2.24, 2.45) is 0 Å². The lowest BCUT2D eigenvalue weighted by molar-refractivity contribution is -0.191. The number of carbonyl (C=O) groups is 2. The Hall–Kier alpha value is -2.54. The highest BCUT2D eigenvalue weighted by Gasteiger charge is 2.55. The van der Waals surface area contributed by atoms with Crippen LogP contribution in [-0.2, 0) is 23.7 Å². The molecular weight excluding hydrogens is 548 g/mol. The number of carbonyl (C=O) groups excluding carboxylic acids is 2. The second-order valence-corrected chi connectivity index (χ2v) is 12.2. The van der Waals surface area contributed by atoms with Crippen molar-refractivity contribution in [2.75, 3.05) is 4.90 Å². The van der Waals surface area contributed by atoms with Gasteiger partial charge in [-0.3, -0.25) is 0 Å². The van der Waals surface area contributed by atoms with E-state index in [9.17, 15) is 9.59 Å². The van der Waals surface area contributed by atoms with E-state index in [1.807, 2.05) is 13.8 Å². The molecule has 2 aliphatic rings. The molecule has 2 aromatic heterocycles. The number of rotatable bonds is 3. The zero-order valence-corrected chi connectivity index (χ0v) is 23.9. The lowest BCUT2D eigenvalue weighted by Crippen LogP contribution is -2.44. The average molecular weight is 581 g/mol. The van der Waals surface area contributed by atoms with Gasteiger partial charge in [0.1, 0.15) is 41.5 Å². The maximum absolute atomic E-state index is 13.3. The summed E-state index contributed by atoms with van der Waals surface area (Å²) in [5.41, 5.74) is -1.34. The van der Waals surface area contributed by atoms with Crippen LogP contribution < -0.4 is 4.90 Å². The summed E-state index contributed by atoms with van der Waals surface area (Å²) in [7, 11) is 0. The molecule has 202 valence electrons. The fourth-order valence-corrected chi connectivity index (χ4v) is 4.85. The molecule has 2 aromatic rings. The minimum absolute atomic E-state index is 0.00198. The maximum atomic E-state index is 13.3. The summed E-state index contributed by atoms with van der Waals surface area (Å²) >= 11 is 3.55. The number of amides is 2. The maximum Gasteiger partial charge on any atom is 0.425 e. The van der Waals surface area contributed by atoms with Crippen LogP contribution in [0, 0.1) is 0 Å². The van der Waals surface area contributed by atoms with E-state index in [1.54, 1.807) is 58.4 Å². The predicted molar refractivity (Wildman–Crippen MR) is 138 cm³/mol. The Morgan fingerprint density at radius 2 is 1.65 bits per heavy atom. The number of imide groups is 1. The Bertz CT molecular complexity index is 1200. The Balaban J connectivity index is 1.82. The molecule has 0 unspecified atom stereocenters. The van der Waals surface area contributed by atoms with Gasteiger partial charge in [-0.2, -0.15) is 4.90 Å². The third-order valence-electron chi connectivity index (χ3n) is 5.48. The number of ether oxygens (including phenoxy) is 5. The standard InChI is InChI=1S/C25H33BrN4O7/c1-10-14-16-17(35-25(8,9)34-16)20(33-14)29-11-13(26)15-18(29)27-12-28-19(15)30(21(31)36-23(2,3)4)22(32)37-24(5,6)7/h10-12,14,16-17,20H,1H2,2-9H3/t14-,16-,17-,20-/m1/s1. The van der Waals surface area contributed by atoms with Crippen molar-refractivity contribution in [2.45, 2.75) is 96.9 Å². The van der Waals surface area contributed by atoms with Crippen LogP contribution in [0.15, 0.2) is 29.7 Å². The molecule has 0 aliphatic carbocycles. The van der Waals surface area contributed by atoms with Gasteiger partial charge in [0.2, 0.25) is 0 Å². The van der Waals surface area contributed by atoms with Crippen molar-refractivity contribution >= 4 is 45.0 Å². The lowest BCUT2D eigenvalue weighted by atomic mass is 10.1. The zero-order chi connectivity index (χ0) is 27.5. The third-order valence-corrected chi connectivity index (χ3v) is 6.08. The topological polar surface area (TPSA) is 114 Å². The summed E-state index contributed by atoms with van der Waals surface area (Å²) in [6, 6.07) is 0. The highest BCUT2D eigenvalue weighted by Crippen LogP contribution is 2.45. The van der Waals surface area contributed by atoms with Gasteiger partial charge >= 0.3 is 12.2 Å². The monoisotopic (exact) mass is 580 g/mol. The van der Waals surface area contributed by atoms with Gasteiger partial charge in [0, 0.05) is 10.7 Å². The van der Waals surface area contributed by atoms with Crippen LogP contribution in [0.2, 0.25) is 0 Å². The van der Waals surface area contributed by atoms with Crippen LogP contribution in [0.25, 0.3) is 11.0 Å². The summed E-state index contributed by atoms with van der Waals surface area (Å²) in [6.07, 6.45) is 0.970. The Morgan fingerprint density at radius 1 is 1.08 bits per heavy atom. The van der Waals surface area contributed by atoms with E-state index in [0.717, 1.165) is 4.90 Å². The number of nitrogens with zero attached hydrogens (tertiary/aromatic N) is 4. The molecule has 0 aromatic carbocycles. The second-order valence-electron chi connectivity index (χ2n) is 11.4. The molecule has 12 heteroatoms. The van der Waals surface area contributed by atoms with Crippen LogP contribution in [-0.4, -0.2) is 62.0 Å². The van der Waals surface area contributed by atoms with Crippen LogP contribution in [0.4, 0.5) is 15.4 Å². The van der Waals surface area contributed by atoms with E-state index in [1.165, 1.54) is 6.33 Å². The summed E-state index contributed by atoms with van der Waals surface area (Å²) in [5, 5.41) is 0.389. The van der Waals surface area contributed by atoms with Crippen molar-refractivity contribution in [3.05, 3.63) is 29.7 Å². The second kappa shape index (κ2) is 9.33. The number of halogens is 1. The molecule has 4 rings (SSSR count). The first kappa shape index (κ1) is 27.5. The number of anilines is 1. The van der Waals surface area contributed by atoms with E-state index >= 15 is 0 Å². The molecule has 0 radical (unpaired) electrons. The molecule has 11 nitrogen and oxygen atoms in total. The van der Waals surface area contributed by atoms with E-state index < -0.39 is 47.6 Å². The highest BCUT2D eigenvalue weighted by molar-refractivity contribution is 9.10. The first-order valence-corrected chi connectivity index (χ1v) is 12.7. The van der Waals surface area contributed by atoms with Gasteiger partial charge in [-0.15, -0.1) is 6.58 Å². The Kier molecular flexibility index (Phi) is 6.94. The van der Waals surface area contributed by atoms with Gasteiger partial charge in [-0.05, 0) is 71.3 Å². The van der Waals surface area contributed by atoms with Crippen molar-refractivity contribution in [3.63, 3.8) is 0 Å². The van der Waals surface area contributed by atoms with Crippen LogP contribution in [0.1, 0.15) is 61.6 Å². The van der Waals surface area contributed by atoms with Gasteiger partial charge in [-0.1, -0.05) is 6.08 Å². The minimum Gasteiger partial charge on any atom is -0.443 e. The smallest absolute Gasteiger partial charge is 0.425 e. The minimum atomic E-state index is -0.931. The molecule has 2 aliphatic heterocycles. The first-order chi connectivity index (χ1) is 17.0. The van der Waals surface area contributed by atoms with Crippen molar-refractivity contribution < 1.29 is 33.3 Å². The largest absolute Gasteiger partial charge is 0.443 e. The van der Waals surface area contributed by atoms with Crippen molar-refractivity contribution in [1.29, 1.82) is 0 Å². The molecule has 0 N–H and O–H groups in total. The molecule has 0 saturated carbocycles. The summed E-state index contributed by atoms with van der Waals surface area (Å²) in [5.74, 6) is -0.804. The third kappa shape index (κ3) is 5.52. The molecule has 4 atom stereocenters. The van der Waals surface area contributed by atoms with Crippen LogP contribution in [0.3, 0.4) is 0 Å². The number of fused-ring (bicyclic) bond motifs is 2. The highest BCUT2D eigenvalue weighted by atomic mass is 79.9. The SMILES string of the molecule is C=C[C@H]1O[C@@H](n2cc(Br)c3c(N(C(=O)OC(C)(C)C)C(=O)OC(C)(C)C)ncnc32)[C@@H]2OC(C)(C)O[C@@H]21. The lowest BCUT2D eigenvalue weighted by Gasteiger charge is -2.28. The fourth-order valence-electron chi connectivity index (χ4n) is 4.27. The number of aromatic nitrogens is 3. The van der Waals surface area contributed by atoms with E-state index in [0.29, 0.717) is 15.5 Å². The summed E-state index contributed by atoms with van der Waals surface area (Å²) in [4.78, 5) is 36.0. The zero-order valence-electron chi connectivity index (χ0n) is 22.3. The van der Waals surface area contributed by atoms with Gasteiger partial charge in [0.15, 0.2) is 17.8 Å². The molecule has 2 saturated heterocycles. The normalized spacial score (nSPS) is 25.1. The van der Waals surface area contributed by atoms with Crippen molar-refractivity contribution in [3.8, 4) is 0 Å². The van der Waals surface area contributed by atoms with Gasteiger partial charge < -0.3 is 28.3 Å². The Labute approximate surface area is 224 Å². The molecule has 0 spiro atoms. The average Bonchev–Trinajstić information content (AvgIpc) is 3.33. The van der Waals surface area contributed by atoms with Gasteiger partial charge in [0.05, 0.1) is 5.39 Å². The molecule has 2 fully saturated rings. The molecule has 2 amide bonds. The molecule has 0 bridgehead atoms. The van der Waals surface area contributed by atoms with E-state index in [-0.39, 0.29) is 11.9 Å². The Morgan fingerprint density at radius 3 is 2.19 bits per heavy atom. The fraction of sp³-hybridized carbons (Fsp3) is 0.600.